The quantitative estimate of drug-likeness (QED) is 0.503. The van der Waals surface area contributed by atoms with E-state index in [-0.39, 0.29) is 36.9 Å². The van der Waals surface area contributed by atoms with Crippen molar-refractivity contribution in [3.63, 3.8) is 0 Å². The Morgan fingerprint density at radius 2 is 2.21 bits per heavy atom. The fraction of sp³-hybridized carbons (Fsp3) is 0.529. The van der Waals surface area contributed by atoms with Crippen LogP contribution in [0.2, 0.25) is 0 Å². The van der Waals surface area contributed by atoms with Crippen LogP contribution in [-0.2, 0) is 20.9 Å². The maximum Gasteiger partial charge on any atom is 0.242 e. The van der Waals surface area contributed by atoms with Crippen molar-refractivity contribution in [3.05, 3.63) is 36.8 Å². The average molecular weight is 355 g/mol. The van der Waals surface area contributed by atoms with Crippen LogP contribution in [-0.4, -0.2) is 59.8 Å². The molecule has 1 unspecified atom stereocenters. The SMILES string of the molecule is C=CCN(CC(=O)N(Cc1ccco1)CC1CCCO1)C(=O)CCl. The van der Waals surface area contributed by atoms with Gasteiger partial charge in [-0.25, -0.2) is 0 Å². The van der Waals surface area contributed by atoms with Crippen molar-refractivity contribution in [1.82, 2.24) is 9.80 Å². The van der Waals surface area contributed by atoms with Crippen molar-refractivity contribution < 1.29 is 18.7 Å². The van der Waals surface area contributed by atoms with Crippen LogP contribution >= 0.6 is 11.6 Å². The van der Waals surface area contributed by atoms with E-state index in [0.29, 0.717) is 18.8 Å². The Kier molecular flexibility index (Phi) is 7.34. The van der Waals surface area contributed by atoms with Gasteiger partial charge in [-0.3, -0.25) is 9.59 Å². The zero-order chi connectivity index (χ0) is 17.4. The highest BCUT2D eigenvalue weighted by Crippen LogP contribution is 2.16. The van der Waals surface area contributed by atoms with Crippen LogP contribution in [0.1, 0.15) is 18.6 Å². The summed E-state index contributed by atoms with van der Waals surface area (Å²) in [6.45, 7) is 5.42. The van der Waals surface area contributed by atoms with Gasteiger partial charge in [-0.05, 0) is 25.0 Å². The maximum absolute atomic E-state index is 12.7. The molecule has 1 aliphatic rings. The fourth-order valence-corrected chi connectivity index (χ4v) is 2.81. The molecule has 24 heavy (non-hydrogen) atoms. The molecule has 0 bridgehead atoms. The van der Waals surface area contributed by atoms with Crippen LogP contribution < -0.4 is 0 Å². The second kappa shape index (κ2) is 9.49. The fourth-order valence-electron chi connectivity index (χ4n) is 2.64. The van der Waals surface area contributed by atoms with Gasteiger partial charge in [0.25, 0.3) is 0 Å². The molecule has 2 rings (SSSR count). The summed E-state index contributed by atoms with van der Waals surface area (Å²) in [5, 5.41) is 0. The predicted octanol–water partition coefficient (Wildman–Crippen LogP) is 2.04. The molecule has 132 valence electrons. The highest BCUT2D eigenvalue weighted by atomic mass is 35.5. The third-order valence-corrected chi connectivity index (χ3v) is 4.10. The Morgan fingerprint density at radius 1 is 1.38 bits per heavy atom. The lowest BCUT2D eigenvalue weighted by Crippen LogP contribution is -2.45. The Balaban J connectivity index is 2.03. The van der Waals surface area contributed by atoms with Crippen molar-refractivity contribution in [2.45, 2.75) is 25.5 Å². The third-order valence-electron chi connectivity index (χ3n) is 3.87. The van der Waals surface area contributed by atoms with Crippen molar-refractivity contribution in [3.8, 4) is 0 Å². The summed E-state index contributed by atoms with van der Waals surface area (Å²) in [5.74, 6) is 0.0767. The van der Waals surface area contributed by atoms with Crippen LogP contribution in [0, 0.1) is 0 Å². The van der Waals surface area contributed by atoms with E-state index in [4.69, 9.17) is 20.8 Å². The molecule has 1 atom stereocenters. The summed E-state index contributed by atoms with van der Waals surface area (Å²) in [6, 6.07) is 3.60. The smallest absolute Gasteiger partial charge is 0.242 e. The molecule has 2 amide bonds. The Morgan fingerprint density at radius 3 is 2.79 bits per heavy atom. The Hall–Kier alpha value is -1.79. The van der Waals surface area contributed by atoms with Gasteiger partial charge in [0.15, 0.2) is 0 Å². The largest absolute Gasteiger partial charge is 0.467 e. The molecule has 1 saturated heterocycles. The summed E-state index contributed by atoms with van der Waals surface area (Å²) in [5.41, 5.74) is 0. The third kappa shape index (κ3) is 5.39. The van der Waals surface area contributed by atoms with Gasteiger partial charge in [0.2, 0.25) is 11.8 Å². The number of carbonyl (C=O) groups excluding carboxylic acids is 2. The number of furan rings is 1. The number of ether oxygens (including phenoxy) is 1. The first-order valence-corrected chi connectivity index (χ1v) is 8.54. The average Bonchev–Trinajstić information content (AvgIpc) is 3.26. The first-order valence-electron chi connectivity index (χ1n) is 8.00. The first kappa shape index (κ1) is 18.5. The van der Waals surface area contributed by atoms with Crippen LogP contribution in [0.5, 0.6) is 0 Å². The van der Waals surface area contributed by atoms with E-state index in [0.717, 1.165) is 19.4 Å². The van der Waals surface area contributed by atoms with Gasteiger partial charge in [-0.15, -0.1) is 18.2 Å². The number of rotatable bonds is 9. The van der Waals surface area contributed by atoms with Crippen molar-refractivity contribution in [2.24, 2.45) is 0 Å². The highest BCUT2D eigenvalue weighted by molar-refractivity contribution is 6.27. The van der Waals surface area contributed by atoms with E-state index in [1.807, 2.05) is 6.07 Å². The lowest BCUT2D eigenvalue weighted by Gasteiger charge is -2.28. The number of nitrogens with zero attached hydrogens (tertiary/aromatic N) is 2. The number of amides is 2. The van der Waals surface area contributed by atoms with Crippen LogP contribution in [0.4, 0.5) is 0 Å². The molecule has 1 aliphatic heterocycles. The Bertz CT molecular complexity index is 541. The van der Waals surface area contributed by atoms with Crippen molar-refractivity contribution in [2.75, 3.05) is 32.1 Å². The highest BCUT2D eigenvalue weighted by Gasteiger charge is 2.25. The molecule has 6 nitrogen and oxygen atoms in total. The summed E-state index contributed by atoms with van der Waals surface area (Å²) >= 11 is 5.61. The molecule has 7 heteroatoms. The summed E-state index contributed by atoms with van der Waals surface area (Å²) < 4.78 is 11.0. The lowest BCUT2D eigenvalue weighted by molar-refractivity contribution is -0.140. The number of carbonyl (C=O) groups is 2. The van der Waals surface area contributed by atoms with Gasteiger partial charge in [0.05, 0.1) is 18.9 Å². The van der Waals surface area contributed by atoms with E-state index >= 15 is 0 Å². The second-order valence-electron chi connectivity index (χ2n) is 5.69. The molecule has 0 saturated carbocycles. The monoisotopic (exact) mass is 354 g/mol. The molecule has 1 fully saturated rings. The van der Waals surface area contributed by atoms with E-state index in [1.54, 1.807) is 23.3 Å². The minimum Gasteiger partial charge on any atom is -0.467 e. The molecular weight excluding hydrogens is 332 g/mol. The normalized spacial score (nSPS) is 16.8. The van der Waals surface area contributed by atoms with Crippen molar-refractivity contribution in [1.29, 1.82) is 0 Å². The minimum absolute atomic E-state index is 0.0282. The van der Waals surface area contributed by atoms with E-state index in [9.17, 15) is 9.59 Å². The molecule has 1 aromatic rings. The number of hydrogen-bond donors (Lipinski definition) is 0. The van der Waals surface area contributed by atoms with Crippen LogP contribution in [0.25, 0.3) is 0 Å². The van der Waals surface area contributed by atoms with Gasteiger partial charge < -0.3 is 19.0 Å². The summed E-state index contributed by atoms with van der Waals surface area (Å²) in [4.78, 5) is 27.6. The molecule has 0 aromatic carbocycles. The molecule has 0 N–H and O–H groups in total. The molecule has 0 spiro atoms. The molecule has 0 radical (unpaired) electrons. The maximum atomic E-state index is 12.7. The lowest BCUT2D eigenvalue weighted by atomic mass is 10.2. The molecular formula is C17H23ClN2O4. The topological polar surface area (TPSA) is 63.0 Å². The van der Waals surface area contributed by atoms with Crippen LogP contribution in [0.15, 0.2) is 35.5 Å². The van der Waals surface area contributed by atoms with E-state index in [1.165, 1.54) is 4.90 Å². The number of hydrogen-bond acceptors (Lipinski definition) is 4. The zero-order valence-corrected chi connectivity index (χ0v) is 14.4. The van der Waals surface area contributed by atoms with Crippen molar-refractivity contribution >= 4 is 23.4 Å². The standard InChI is InChI=1S/C17H23ClN2O4/c1-2-7-19(16(21)10-18)13-17(22)20(11-14-5-3-8-23-14)12-15-6-4-9-24-15/h2-3,5,8,15H,1,4,6-7,9-13H2. The van der Waals surface area contributed by atoms with E-state index < -0.39 is 0 Å². The predicted molar refractivity (Wildman–Crippen MR) is 90.6 cm³/mol. The second-order valence-corrected chi connectivity index (χ2v) is 5.95. The van der Waals surface area contributed by atoms with Gasteiger partial charge in [0.1, 0.15) is 18.2 Å². The van der Waals surface area contributed by atoms with Gasteiger partial charge >= 0.3 is 0 Å². The molecule has 2 heterocycles. The van der Waals surface area contributed by atoms with Gasteiger partial charge in [-0.2, -0.15) is 0 Å². The van der Waals surface area contributed by atoms with Gasteiger partial charge in [-0.1, -0.05) is 6.08 Å². The summed E-state index contributed by atoms with van der Waals surface area (Å²) in [7, 11) is 0. The van der Waals surface area contributed by atoms with Crippen LogP contribution in [0.3, 0.4) is 0 Å². The number of halogens is 1. The molecule has 0 aliphatic carbocycles. The first-order chi connectivity index (χ1) is 11.6. The Labute approximate surface area is 147 Å². The summed E-state index contributed by atoms with van der Waals surface area (Å²) in [6.07, 6.45) is 5.11. The number of alkyl halides is 1. The zero-order valence-electron chi connectivity index (χ0n) is 13.7. The minimum atomic E-state index is -0.292. The molecule has 1 aromatic heterocycles. The van der Waals surface area contributed by atoms with E-state index in [2.05, 4.69) is 6.58 Å². The van der Waals surface area contributed by atoms with Gasteiger partial charge in [0, 0.05) is 19.7 Å².